The first-order valence-electron chi connectivity index (χ1n) is 10.2. The highest BCUT2D eigenvalue weighted by Gasteiger charge is 2.45. The van der Waals surface area contributed by atoms with Crippen LogP contribution >= 0.6 is 0 Å². The van der Waals surface area contributed by atoms with Crippen LogP contribution in [0.1, 0.15) is 40.9 Å². The molecule has 2 aliphatic rings. The molecule has 3 heterocycles. The van der Waals surface area contributed by atoms with Gasteiger partial charge in [0.25, 0.3) is 5.91 Å². The average molecular weight is 387 g/mol. The molecular formula is C23H25N5O. The largest absolute Gasteiger partial charge is 0.347 e. The van der Waals surface area contributed by atoms with E-state index in [-0.39, 0.29) is 11.3 Å². The van der Waals surface area contributed by atoms with Crippen molar-refractivity contribution in [3.05, 3.63) is 59.7 Å². The molecule has 1 amide bonds. The Morgan fingerprint density at radius 1 is 1.17 bits per heavy atom. The van der Waals surface area contributed by atoms with Crippen LogP contribution in [-0.2, 0) is 11.8 Å². The second-order valence-electron chi connectivity index (χ2n) is 8.45. The highest BCUT2D eigenvalue weighted by Crippen LogP contribution is 2.44. The third-order valence-electron chi connectivity index (χ3n) is 6.40. The molecule has 1 fully saturated rings. The Labute approximate surface area is 170 Å². The molecule has 1 aromatic carbocycles. The molecular weight excluding hydrogens is 362 g/mol. The van der Waals surface area contributed by atoms with Crippen molar-refractivity contribution < 1.29 is 4.79 Å². The van der Waals surface area contributed by atoms with Crippen LogP contribution in [-0.4, -0.2) is 52.9 Å². The third kappa shape index (κ3) is 2.94. The van der Waals surface area contributed by atoms with Gasteiger partial charge in [0.15, 0.2) is 0 Å². The van der Waals surface area contributed by atoms with Crippen LogP contribution in [0.2, 0.25) is 0 Å². The fourth-order valence-corrected chi connectivity index (χ4v) is 4.93. The molecule has 1 aliphatic carbocycles. The first kappa shape index (κ1) is 18.0. The average Bonchev–Trinajstić information content (AvgIpc) is 3.10. The van der Waals surface area contributed by atoms with Crippen LogP contribution in [0.25, 0.3) is 10.8 Å². The summed E-state index contributed by atoms with van der Waals surface area (Å²) >= 11 is 0. The first-order chi connectivity index (χ1) is 14.1. The minimum absolute atomic E-state index is 0.0525. The number of anilines is 1. The molecule has 29 heavy (non-hydrogen) atoms. The fraction of sp³-hybridized carbons (Fsp3) is 0.391. The van der Waals surface area contributed by atoms with Gasteiger partial charge in [0.05, 0.1) is 5.69 Å². The molecule has 1 unspecified atom stereocenters. The summed E-state index contributed by atoms with van der Waals surface area (Å²) in [6.07, 6.45) is 9.65. The first-order valence-corrected chi connectivity index (χ1v) is 10.2. The Balaban J connectivity index is 1.49. The summed E-state index contributed by atoms with van der Waals surface area (Å²) in [5, 5.41) is 1.97. The van der Waals surface area contributed by atoms with Crippen LogP contribution < -0.4 is 4.90 Å². The zero-order valence-corrected chi connectivity index (χ0v) is 16.9. The van der Waals surface area contributed by atoms with Crippen molar-refractivity contribution in [1.82, 2.24) is 19.9 Å². The summed E-state index contributed by atoms with van der Waals surface area (Å²) in [4.78, 5) is 31.1. The van der Waals surface area contributed by atoms with Crippen molar-refractivity contribution in [2.24, 2.45) is 0 Å². The van der Waals surface area contributed by atoms with Gasteiger partial charge >= 0.3 is 0 Å². The van der Waals surface area contributed by atoms with E-state index in [0.717, 1.165) is 66.8 Å². The monoisotopic (exact) mass is 387 g/mol. The van der Waals surface area contributed by atoms with Gasteiger partial charge in [0.2, 0.25) is 5.95 Å². The standard InChI is InChI=1S/C23H25N5O/c1-27(2)22-25-14-17-7-10-23(20(17)26-22)9-4-12-28(15-23)21(29)19-6-3-5-16-13-24-11-8-18(16)19/h3,5-6,8,11,13-14H,4,7,9-10,12,15H2,1-2H3. The predicted molar refractivity (Wildman–Crippen MR) is 113 cm³/mol. The van der Waals surface area contributed by atoms with E-state index in [1.165, 1.54) is 5.56 Å². The van der Waals surface area contributed by atoms with Gasteiger partial charge in [0.1, 0.15) is 0 Å². The Morgan fingerprint density at radius 2 is 2.07 bits per heavy atom. The van der Waals surface area contributed by atoms with E-state index in [0.29, 0.717) is 0 Å². The Kier molecular flexibility index (Phi) is 4.23. The lowest BCUT2D eigenvalue weighted by molar-refractivity contribution is 0.0635. The van der Waals surface area contributed by atoms with E-state index in [1.807, 2.05) is 60.6 Å². The topological polar surface area (TPSA) is 62.2 Å². The Bertz CT molecular complexity index is 1090. The molecule has 5 rings (SSSR count). The second kappa shape index (κ2) is 6.79. The van der Waals surface area contributed by atoms with E-state index in [1.54, 1.807) is 6.20 Å². The SMILES string of the molecule is CN(C)c1ncc2c(n1)C1(CCCN(C(=O)c3cccc4cnccc34)C1)CC2. The molecule has 0 bridgehead atoms. The van der Waals surface area contributed by atoms with Gasteiger partial charge < -0.3 is 9.80 Å². The molecule has 6 heteroatoms. The van der Waals surface area contributed by atoms with E-state index in [4.69, 9.17) is 4.98 Å². The van der Waals surface area contributed by atoms with Crippen molar-refractivity contribution in [3.8, 4) is 0 Å². The van der Waals surface area contributed by atoms with Gasteiger partial charge in [-0.2, -0.15) is 0 Å². The molecule has 2 aromatic heterocycles. The van der Waals surface area contributed by atoms with E-state index in [9.17, 15) is 4.79 Å². The number of nitrogens with zero attached hydrogens (tertiary/aromatic N) is 5. The molecule has 1 atom stereocenters. The maximum Gasteiger partial charge on any atom is 0.254 e. The molecule has 0 N–H and O–H groups in total. The molecule has 6 nitrogen and oxygen atoms in total. The summed E-state index contributed by atoms with van der Waals surface area (Å²) in [7, 11) is 3.94. The van der Waals surface area contributed by atoms with Crippen molar-refractivity contribution in [3.63, 3.8) is 0 Å². The number of carbonyl (C=O) groups is 1. The highest BCUT2D eigenvalue weighted by atomic mass is 16.2. The second-order valence-corrected chi connectivity index (χ2v) is 8.45. The molecule has 1 spiro atoms. The lowest BCUT2D eigenvalue weighted by Gasteiger charge is -2.40. The van der Waals surface area contributed by atoms with Gasteiger partial charge in [0, 0.05) is 62.1 Å². The van der Waals surface area contributed by atoms with Crippen molar-refractivity contribution in [1.29, 1.82) is 0 Å². The lowest BCUT2D eigenvalue weighted by Crippen LogP contribution is -2.48. The number of carbonyl (C=O) groups excluding carboxylic acids is 1. The quantitative estimate of drug-likeness (QED) is 0.676. The summed E-state index contributed by atoms with van der Waals surface area (Å²) in [6, 6.07) is 7.81. The number of pyridine rings is 1. The number of likely N-dealkylation sites (tertiary alicyclic amines) is 1. The molecule has 1 aliphatic heterocycles. The normalized spacial score (nSPS) is 20.8. The summed E-state index contributed by atoms with van der Waals surface area (Å²) in [6.45, 7) is 1.52. The zero-order valence-electron chi connectivity index (χ0n) is 16.9. The van der Waals surface area contributed by atoms with Gasteiger partial charge in [-0.15, -0.1) is 0 Å². The third-order valence-corrected chi connectivity index (χ3v) is 6.40. The van der Waals surface area contributed by atoms with Crippen LogP contribution in [0.4, 0.5) is 5.95 Å². The summed E-state index contributed by atoms with van der Waals surface area (Å²) < 4.78 is 0. The number of fused-ring (bicyclic) bond motifs is 3. The minimum atomic E-state index is -0.0525. The number of amides is 1. The number of hydrogen-bond acceptors (Lipinski definition) is 5. The van der Waals surface area contributed by atoms with Crippen molar-refractivity contribution in [2.45, 2.75) is 31.1 Å². The number of benzene rings is 1. The van der Waals surface area contributed by atoms with Crippen molar-refractivity contribution >= 4 is 22.6 Å². The molecule has 0 radical (unpaired) electrons. The number of aryl methyl sites for hydroxylation is 1. The lowest BCUT2D eigenvalue weighted by atomic mass is 9.77. The zero-order chi connectivity index (χ0) is 20.0. The van der Waals surface area contributed by atoms with Gasteiger partial charge in [-0.25, -0.2) is 9.97 Å². The molecule has 3 aromatic rings. The maximum atomic E-state index is 13.5. The number of aromatic nitrogens is 3. The van der Waals surface area contributed by atoms with Crippen molar-refractivity contribution in [2.75, 3.05) is 32.1 Å². The maximum absolute atomic E-state index is 13.5. The smallest absolute Gasteiger partial charge is 0.254 e. The summed E-state index contributed by atoms with van der Waals surface area (Å²) in [5.74, 6) is 0.853. The molecule has 148 valence electrons. The minimum Gasteiger partial charge on any atom is -0.347 e. The Morgan fingerprint density at radius 3 is 2.93 bits per heavy atom. The van der Waals surface area contributed by atoms with E-state index < -0.39 is 0 Å². The number of piperidine rings is 1. The van der Waals surface area contributed by atoms with Crippen LogP contribution in [0.3, 0.4) is 0 Å². The van der Waals surface area contributed by atoms with Crippen LogP contribution in [0.15, 0.2) is 42.9 Å². The van der Waals surface area contributed by atoms with E-state index >= 15 is 0 Å². The van der Waals surface area contributed by atoms with Crippen LogP contribution in [0.5, 0.6) is 0 Å². The predicted octanol–water partition coefficient (Wildman–Crippen LogP) is 3.21. The van der Waals surface area contributed by atoms with Gasteiger partial charge in [-0.05, 0) is 48.8 Å². The summed E-state index contributed by atoms with van der Waals surface area (Å²) in [5.41, 5.74) is 3.09. The Hall–Kier alpha value is -3.02. The number of rotatable bonds is 2. The van der Waals surface area contributed by atoms with E-state index in [2.05, 4.69) is 9.97 Å². The van der Waals surface area contributed by atoms with Gasteiger partial charge in [-0.3, -0.25) is 9.78 Å². The fourth-order valence-electron chi connectivity index (χ4n) is 4.93. The van der Waals surface area contributed by atoms with Gasteiger partial charge in [-0.1, -0.05) is 12.1 Å². The highest BCUT2D eigenvalue weighted by molar-refractivity contribution is 6.06. The number of hydrogen-bond donors (Lipinski definition) is 0. The van der Waals surface area contributed by atoms with Crippen LogP contribution in [0, 0.1) is 0 Å². The molecule has 1 saturated heterocycles. The molecule has 0 saturated carbocycles.